The van der Waals surface area contributed by atoms with Gasteiger partial charge in [0.25, 0.3) is 6.43 Å². The normalized spacial score (nSPS) is 10.8. The molecule has 1 rings (SSSR count). The number of alkyl halides is 2. The van der Waals surface area contributed by atoms with E-state index < -0.39 is 12.4 Å². The number of esters is 1. The monoisotopic (exact) mass is 258 g/mol. The molecule has 100 valence electrons. The molecule has 0 atom stereocenters. The van der Waals surface area contributed by atoms with Gasteiger partial charge in [0.1, 0.15) is 5.69 Å². The van der Waals surface area contributed by atoms with Crippen molar-refractivity contribution in [2.75, 3.05) is 6.61 Å². The average molecular weight is 258 g/mol. The maximum Gasteiger partial charge on any atom is 0.311 e. The number of hydrogen-bond acceptors (Lipinski definition) is 4. The van der Waals surface area contributed by atoms with Crippen LogP contribution in [-0.4, -0.2) is 17.6 Å². The van der Waals surface area contributed by atoms with E-state index in [9.17, 15) is 13.6 Å². The molecule has 0 radical (unpaired) electrons. The Morgan fingerprint density at radius 2 is 2.22 bits per heavy atom. The number of carbonyl (C=O) groups excluding carboxylic acids is 1. The summed E-state index contributed by atoms with van der Waals surface area (Å²) >= 11 is 0. The molecule has 1 aromatic heterocycles. The van der Waals surface area contributed by atoms with E-state index >= 15 is 0 Å². The molecule has 0 aliphatic carbocycles. The van der Waals surface area contributed by atoms with E-state index in [0.717, 1.165) is 0 Å². The Hall–Kier alpha value is -1.56. The zero-order chi connectivity index (χ0) is 13.7. The topological polar surface area (TPSA) is 65.2 Å². The third-order valence-electron chi connectivity index (χ3n) is 2.53. The van der Waals surface area contributed by atoms with Crippen molar-refractivity contribution in [3.05, 3.63) is 28.6 Å². The molecule has 18 heavy (non-hydrogen) atoms. The van der Waals surface area contributed by atoms with Crippen LogP contribution in [0.1, 0.15) is 35.9 Å². The lowest BCUT2D eigenvalue weighted by molar-refractivity contribution is -0.142. The molecule has 6 heteroatoms. The largest absolute Gasteiger partial charge is 0.466 e. The third kappa shape index (κ3) is 3.46. The number of halogens is 2. The summed E-state index contributed by atoms with van der Waals surface area (Å²) in [5.74, 6) is -0.489. The minimum absolute atomic E-state index is 0.124. The van der Waals surface area contributed by atoms with Crippen molar-refractivity contribution in [1.29, 1.82) is 0 Å². The number of aromatic nitrogens is 1. The lowest BCUT2D eigenvalue weighted by Gasteiger charge is -2.11. The Kier molecular flexibility index (Phi) is 5.15. The van der Waals surface area contributed by atoms with Crippen LogP contribution in [0.5, 0.6) is 0 Å². The van der Waals surface area contributed by atoms with Crippen molar-refractivity contribution in [3.8, 4) is 0 Å². The molecular formula is C12H16F2N2O2. The molecule has 0 fully saturated rings. The van der Waals surface area contributed by atoms with Crippen molar-refractivity contribution in [2.45, 2.75) is 33.2 Å². The SMILES string of the molecule is CCOC(=O)Cc1cc(CN)c(C)c(C(F)F)n1. The maximum atomic E-state index is 12.8. The molecule has 0 aliphatic rings. The van der Waals surface area contributed by atoms with Crippen LogP contribution in [-0.2, 0) is 22.5 Å². The van der Waals surface area contributed by atoms with Crippen molar-refractivity contribution in [1.82, 2.24) is 4.98 Å². The number of nitrogens with two attached hydrogens (primary N) is 1. The summed E-state index contributed by atoms with van der Waals surface area (Å²) in [6.07, 6.45) is -2.81. The highest BCUT2D eigenvalue weighted by molar-refractivity contribution is 5.72. The average Bonchev–Trinajstić information content (AvgIpc) is 2.31. The van der Waals surface area contributed by atoms with Crippen LogP contribution in [0.2, 0.25) is 0 Å². The highest BCUT2D eigenvalue weighted by Crippen LogP contribution is 2.23. The van der Waals surface area contributed by atoms with Gasteiger partial charge < -0.3 is 10.5 Å². The molecule has 0 unspecified atom stereocenters. The summed E-state index contributed by atoms with van der Waals surface area (Å²) in [5, 5.41) is 0. The predicted octanol–water partition coefficient (Wildman–Crippen LogP) is 1.89. The van der Waals surface area contributed by atoms with Crippen LogP contribution in [0.3, 0.4) is 0 Å². The van der Waals surface area contributed by atoms with E-state index in [0.29, 0.717) is 11.1 Å². The smallest absolute Gasteiger partial charge is 0.311 e. The zero-order valence-electron chi connectivity index (χ0n) is 10.4. The number of carbonyl (C=O) groups is 1. The van der Waals surface area contributed by atoms with Crippen LogP contribution in [0.25, 0.3) is 0 Å². The second-order valence-electron chi connectivity index (χ2n) is 3.77. The van der Waals surface area contributed by atoms with E-state index in [1.807, 2.05) is 0 Å². The van der Waals surface area contributed by atoms with Crippen LogP contribution in [0.15, 0.2) is 6.07 Å². The number of ether oxygens (including phenoxy) is 1. The molecule has 0 spiro atoms. The standard InChI is InChI=1S/C12H16F2N2O2/c1-3-18-10(17)5-9-4-8(6-15)7(2)11(16-9)12(13)14/h4,12H,3,5-6,15H2,1-2H3. The lowest BCUT2D eigenvalue weighted by Crippen LogP contribution is -2.12. The first-order valence-corrected chi connectivity index (χ1v) is 5.62. The fraction of sp³-hybridized carbons (Fsp3) is 0.500. The highest BCUT2D eigenvalue weighted by Gasteiger charge is 2.17. The van der Waals surface area contributed by atoms with Crippen LogP contribution < -0.4 is 5.73 Å². The quantitative estimate of drug-likeness (QED) is 0.819. The van der Waals surface area contributed by atoms with Gasteiger partial charge >= 0.3 is 5.97 Å². The first-order valence-electron chi connectivity index (χ1n) is 5.62. The highest BCUT2D eigenvalue weighted by atomic mass is 19.3. The second kappa shape index (κ2) is 6.39. The van der Waals surface area contributed by atoms with Gasteiger partial charge in [-0.05, 0) is 31.0 Å². The Balaban J connectivity index is 3.06. The Morgan fingerprint density at radius 1 is 1.56 bits per heavy atom. The molecule has 0 amide bonds. The maximum absolute atomic E-state index is 12.8. The predicted molar refractivity (Wildman–Crippen MR) is 62.2 cm³/mol. The summed E-state index contributed by atoms with van der Waals surface area (Å²) in [4.78, 5) is 15.1. The summed E-state index contributed by atoms with van der Waals surface area (Å²) < 4.78 is 30.3. The van der Waals surface area contributed by atoms with E-state index in [1.54, 1.807) is 19.9 Å². The van der Waals surface area contributed by atoms with Crippen LogP contribution in [0, 0.1) is 6.92 Å². The van der Waals surface area contributed by atoms with Gasteiger partial charge in [-0.1, -0.05) is 0 Å². The number of pyridine rings is 1. The van der Waals surface area contributed by atoms with Crippen molar-refractivity contribution < 1.29 is 18.3 Å². The molecule has 0 aliphatic heterocycles. The Morgan fingerprint density at radius 3 is 2.72 bits per heavy atom. The van der Waals surface area contributed by atoms with Gasteiger partial charge in [0.05, 0.1) is 18.7 Å². The lowest BCUT2D eigenvalue weighted by atomic mass is 10.1. The van der Waals surface area contributed by atoms with Gasteiger partial charge in [0, 0.05) is 6.54 Å². The summed E-state index contributed by atoms with van der Waals surface area (Å²) in [6, 6.07) is 1.57. The minimum Gasteiger partial charge on any atom is -0.466 e. The van der Waals surface area contributed by atoms with Crippen molar-refractivity contribution in [2.24, 2.45) is 5.73 Å². The number of hydrogen-bond donors (Lipinski definition) is 1. The zero-order valence-corrected chi connectivity index (χ0v) is 10.4. The van der Waals surface area contributed by atoms with Gasteiger partial charge in [-0.3, -0.25) is 9.78 Å². The van der Waals surface area contributed by atoms with Gasteiger partial charge in [-0.15, -0.1) is 0 Å². The summed E-state index contributed by atoms with van der Waals surface area (Å²) in [6.45, 7) is 3.60. The molecule has 1 aromatic rings. The molecule has 1 heterocycles. The van der Waals surface area contributed by atoms with E-state index in [2.05, 4.69) is 4.98 Å². The summed E-state index contributed by atoms with van der Waals surface area (Å²) in [7, 11) is 0. The number of rotatable bonds is 5. The van der Waals surface area contributed by atoms with Crippen molar-refractivity contribution >= 4 is 5.97 Å². The molecule has 0 saturated heterocycles. The molecule has 0 aromatic carbocycles. The van der Waals surface area contributed by atoms with Gasteiger partial charge in [-0.2, -0.15) is 0 Å². The van der Waals surface area contributed by atoms with E-state index in [1.165, 1.54) is 0 Å². The first-order chi connectivity index (χ1) is 8.49. The van der Waals surface area contributed by atoms with Crippen LogP contribution in [0.4, 0.5) is 8.78 Å². The fourth-order valence-electron chi connectivity index (χ4n) is 1.62. The first kappa shape index (κ1) is 14.5. The van der Waals surface area contributed by atoms with E-state index in [-0.39, 0.29) is 31.0 Å². The van der Waals surface area contributed by atoms with Gasteiger partial charge in [-0.25, -0.2) is 8.78 Å². The molecule has 2 N–H and O–H groups in total. The molecule has 4 nitrogen and oxygen atoms in total. The van der Waals surface area contributed by atoms with Crippen LogP contribution >= 0.6 is 0 Å². The molecular weight excluding hydrogens is 242 g/mol. The van der Waals surface area contributed by atoms with Crippen molar-refractivity contribution in [3.63, 3.8) is 0 Å². The Bertz CT molecular complexity index is 436. The fourth-order valence-corrected chi connectivity index (χ4v) is 1.62. The Labute approximate surface area is 104 Å². The summed E-state index contributed by atoms with van der Waals surface area (Å²) in [5.41, 5.74) is 6.37. The van der Waals surface area contributed by atoms with Gasteiger partial charge in [0.15, 0.2) is 0 Å². The molecule has 0 saturated carbocycles. The number of nitrogens with zero attached hydrogens (tertiary/aromatic N) is 1. The molecule has 0 bridgehead atoms. The second-order valence-corrected chi connectivity index (χ2v) is 3.77. The minimum atomic E-state index is -2.68. The van der Waals surface area contributed by atoms with Gasteiger partial charge in [0.2, 0.25) is 0 Å². The third-order valence-corrected chi connectivity index (χ3v) is 2.53. The van der Waals surface area contributed by atoms with E-state index in [4.69, 9.17) is 10.5 Å².